The van der Waals surface area contributed by atoms with Crippen molar-refractivity contribution in [1.29, 1.82) is 0 Å². The molecule has 0 bridgehead atoms. The van der Waals surface area contributed by atoms with Gasteiger partial charge in [-0.1, -0.05) is 91.8 Å². The number of rotatable bonds is 13. The summed E-state index contributed by atoms with van der Waals surface area (Å²) < 4.78 is 0. The van der Waals surface area contributed by atoms with Crippen LogP contribution in [-0.2, 0) is 12.8 Å². The van der Waals surface area contributed by atoms with Crippen molar-refractivity contribution in [3.05, 3.63) is 94.3 Å². The van der Waals surface area contributed by atoms with Gasteiger partial charge in [0, 0.05) is 58.8 Å². The Bertz CT molecular complexity index is 1290. The Balaban J connectivity index is 1.67. The highest BCUT2D eigenvalue weighted by Crippen LogP contribution is 2.37. The molecule has 42 heavy (non-hydrogen) atoms. The molecule has 4 N–H and O–H groups in total. The third kappa shape index (κ3) is 6.76. The number of aromatic nitrogens is 2. The van der Waals surface area contributed by atoms with Gasteiger partial charge in [0.2, 0.25) is 0 Å². The maximum Gasteiger partial charge on any atom is 0.0461 e. The van der Waals surface area contributed by atoms with Crippen LogP contribution >= 0.6 is 0 Å². The van der Waals surface area contributed by atoms with Gasteiger partial charge >= 0.3 is 0 Å². The standard InChI is InChI=1S/C38H54N4/c1-24(2)30-13-11-14-31(25(3)4)36(30)34-19-17-28(41-34)21-38(40-10,23-39-9)22-29-18-20-35(42-29)37-32(26(5)6)15-12-16-33(37)27(7)8/h11-20,24-27,39-42H,21-23H2,1-10H3. The van der Waals surface area contributed by atoms with E-state index < -0.39 is 0 Å². The largest absolute Gasteiger partial charge is 0.358 e. The van der Waals surface area contributed by atoms with Gasteiger partial charge in [0.05, 0.1) is 0 Å². The number of hydrogen-bond donors (Lipinski definition) is 4. The molecular weight excluding hydrogens is 512 g/mol. The minimum atomic E-state index is -0.157. The molecular formula is C38H54N4. The Kier molecular flexibility index (Phi) is 10.2. The number of likely N-dealkylation sites (N-methyl/N-ethyl adjacent to an activating group) is 2. The van der Waals surface area contributed by atoms with E-state index in [1.807, 2.05) is 7.05 Å². The van der Waals surface area contributed by atoms with Crippen LogP contribution in [0.3, 0.4) is 0 Å². The highest BCUT2D eigenvalue weighted by Gasteiger charge is 2.30. The number of aromatic amines is 2. The summed E-state index contributed by atoms with van der Waals surface area (Å²) in [4.78, 5) is 7.69. The van der Waals surface area contributed by atoms with E-state index in [0.29, 0.717) is 23.7 Å². The lowest BCUT2D eigenvalue weighted by molar-refractivity contribution is 0.328. The summed E-state index contributed by atoms with van der Waals surface area (Å²) in [6.07, 6.45) is 1.78. The van der Waals surface area contributed by atoms with E-state index in [2.05, 4.69) is 144 Å². The summed E-state index contributed by atoms with van der Waals surface area (Å²) in [6, 6.07) is 22.7. The Labute approximate surface area is 255 Å². The second kappa shape index (κ2) is 13.5. The van der Waals surface area contributed by atoms with Gasteiger partial charge < -0.3 is 20.6 Å². The van der Waals surface area contributed by atoms with Crippen LogP contribution in [0, 0.1) is 0 Å². The molecule has 0 atom stereocenters. The average Bonchev–Trinajstić information content (AvgIpc) is 3.61. The number of hydrogen-bond acceptors (Lipinski definition) is 2. The smallest absolute Gasteiger partial charge is 0.0461 e. The van der Waals surface area contributed by atoms with Crippen molar-refractivity contribution in [2.75, 3.05) is 20.6 Å². The van der Waals surface area contributed by atoms with Crippen molar-refractivity contribution < 1.29 is 0 Å². The zero-order valence-corrected chi connectivity index (χ0v) is 27.7. The zero-order chi connectivity index (χ0) is 30.6. The van der Waals surface area contributed by atoms with Crippen molar-refractivity contribution in [3.8, 4) is 22.5 Å². The van der Waals surface area contributed by atoms with Crippen LogP contribution < -0.4 is 10.6 Å². The van der Waals surface area contributed by atoms with Gasteiger partial charge in [0.15, 0.2) is 0 Å². The molecule has 2 heterocycles. The molecule has 0 radical (unpaired) electrons. The highest BCUT2D eigenvalue weighted by molar-refractivity contribution is 5.71. The molecule has 4 aromatic rings. The molecule has 0 aliphatic carbocycles. The molecule has 0 saturated heterocycles. The molecule has 4 nitrogen and oxygen atoms in total. The van der Waals surface area contributed by atoms with Gasteiger partial charge in [-0.3, -0.25) is 0 Å². The van der Waals surface area contributed by atoms with Crippen LogP contribution in [0.2, 0.25) is 0 Å². The monoisotopic (exact) mass is 566 g/mol. The van der Waals surface area contributed by atoms with E-state index in [0.717, 1.165) is 19.4 Å². The lowest BCUT2D eigenvalue weighted by Gasteiger charge is -2.33. The molecule has 226 valence electrons. The van der Waals surface area contributed by atoms with E-state index in [-0.39, 0.29) is 5.54 Å². The summed E-state index contributed by atoms with van der Waals surface area (Å²) in [7, 11) is 4.15. The minimum Gasteiger partial charge on any atom is -0.358 e. The van der Waals surface area contributed by atoms with E-state index in [1.165, 1.54) is 56.2 Å². The van der Waals surface area contributed by atoms with Crippen LogP contribution in [0.4, 0.5) is 0 Å². The molecule has 0 aliphatic heterocycles. The summed E-state index contributed by atoms with van der Waals surface area (Å²) in [5.74, 6) is 1.85. The normalized spacial score (nSPS) is 12.4. The van der Waals surface area contributed by atoms with Gasteiger partial charge in [0.1, 0.15) is 0 Å². The maximum atomic E-state index is 3.85. The Morgan fingerprint density at radius 1 is 0.548 bits per heavy atom. The summed E-state index contributed by atoms with van der Waals surface area (Å²) in [6.45, 7) is 19.2. The minimum absolute atomic E-state index is 0.157. The highest BCUT2D eigenvalue weighted by atomic mass is 15.0. The van der Waals surface area contributed by atoms with Gasteiger partial charge in [0.25, 0.3) is 0 Å². The van der Waals surface area contributed by atoms with E-state index >= 15 is 0 Å². The topological polar surface area (TPSA) is 55.6 Å². The molecule has 0 unspecified atom stereocenters. The van der Waals surface area contributed by atoms with Crippen molar-refractivity contribution >= 4 is 0 Å². The fourth-order valence-corrected chi connectivity index (χ4v) is 6.62. The molecule has 4 heteroatoms. The van der Waals surface area contributed by atoms with Crippen molar-refractivity contribution in [2.24, 2.45) is 0 Å². The van der Waals surface area contributed by atoms with Crippen LogP contribution in [-0.4, -0.2) is 36.1 Å². The third-order valence-electron chi connectivity index (χ3n) is 8.88. The van der Waals surface area contributed by atoms with Crippen molar-refractivity contribution in [3.63, 3.8) is 0 Å². The van der Waals surface area contributed by atoms with Crippen LogP contribution in [0.5, 0.6) is 0 Å². The fraction of sp³-hybridized carbons (Fsp3) is 0.474. The second-order valence-corrected chi connectivity index (χ2v) is 13.5. The first-order valence-electron chi connectivity index (χ1n) is 16.0. The SMILES string of the molecule is CNCC(Cc1ccc(-c2c(C(C)C)cccc2C(C)C)[nH]1)(Cc1ccc(-c2c(C(C)C)cccc2C(C)C)[nH]1)NC. The molecule has 0 spiro atoms. The predicted molar refractivity (Wildman–Crippen MR) is 182 cm³/mol. The Morgan fingerprint density at radius 2 is 0.905 bits per heavy atom. The third-order valence-corrected chi connectivity index (χ3v) is 8.88. The van der Waals surface area contributed by atoms with Gasteiger partial charge in [-0.05, 0) is 84.3 Å². The molecule has 2 aromatic carbocycles. The first-order valence-corrected chi connectivity index (χ1v) is 16.0. The van der Waals surface area contributed by atoms with E-state index in [1.54, 1.807) is 0 Å². The summed E-state index contributed by atoms with van der Waals surface area (Å²) in [5.41, 5.74) is 13.2. The van der Waals surface area contributed by atoms with Crippen molar-refractivity contribution in [1.82, 2.24) is 20.6 Å². The van der Waals surface area contributed by atoms with E-state index in [9.17, 15) is 0 Å². The lowest BCUT2D eigenvalue weighted by Crippen LogP contribution is -2.54. The van der Waals surface area contributed by atoms with Gasteiger partial charge in [-0.25, -0.2) is 0 Å². The number of nitrogens with one attached hydrogen (secondary N) is 4. The predicted octanol–water partition coefficient (Wildman–Crippen LogP) is 9.13. The number of benzene rings is 2. The molecule has 4 rings (SSSR count). The molecule has 2 aromatic heterocycles. The van der Waals surface area contributed by atoms with Crippen LogP contribution in [0.1, 0.15) is 113 Å². The van der Waals surface area contributed by atoms with E-state index in [4.69, 9.17) is 0 Å². The molecule has 0 aliphatic rings. The average molecular weight is 567 g/mol. The summed E-state index contributed by atoms with van der Waals surface area (Å²) in [5, 5.41) is 7.21. The first kappa shape index (κ1) is 31.8. The summed E-state index contributed by atoms with van der Waals surface area (Å²) >= 11 is 0. The van der Waals surface area contributed by atoms with Crippen LogP contribution in [0.15, 0.2) is 60.7 Å². The van der Waals surface area contributed by atoms with Crippen molar-refractivity contribution in [2.45, 2.75) is 97.4 Å². The molecule has 0 amide bonds. The lowest BCUT2D eigenvalue weighted by atomic mass is 9.87. The number of H-pyrrole nitrogens is 2. The molecule has 0 saturated carbocycles. The van der Waals surface area contributed by atoms with Gasteiger partial charge in [-0.2, -0.15) is 0 Å². The Morgan fingerprint density at radius 3 is 1.19 bits per heavy atom. The maximum absolute atomic E-state index is 3.85. The fourth-order valence-electron chi connectivity index (χ4n) is 6.62. The first-order chi connectivity index (χ1) is 20.0. The Hall–Kier alpha value is -3.08. The molecule has 0 fully saturated rings. The van der Waals surface area contributed by atoms with Gasteiger partial charge in [-0.15, -0.1) is 0 Å². The quantitative estimate of drug-likeness (QED) is 0.130. The second-order valence-electron chi connectivity index (χ2n) is 13.5. The van der Waals surface area contributed by atoms with Crippen LogP contribution in [0.25, 0.3) is 22.5 Å². The zero-order valence-electron chi connectivity index (χ0n) is 27.7.